The van der Waals surface area contributed by atoms with Gasteiger partial charge in [-0.25, -0.2) is 4.98 Å². The molecule has 3 heterocycles. The molecule has 1 N–H and O–H groups in total. The number of hydrogen-bond acceptors (Lipinski definition) is 5. The Morgan fingerprint density at radius 1 is 1.14 bits per heavy atom. The van der Waals surface area contributed by atoms with E-state index in [9.17, 15) is 9.59 Å². The molecule has 1 saturated heterocycles. The zero-order chi connectivity index (χ0) is 19.5. The lowest BCUT2D eigenvalue weighted by molar-refractivity contribution is -0.122. The second kappa shape index (κ2) is 8.00. The summed E-state index contributed by atoms with van der Waals surface area (Å²) in [5.74, 6) is 0.776. The van der Waals surface area contributed by atoms with Crippen LogP contribution in [0.2, 0.25) is 0 Å². The van der Waals surface area contributed by atoms with Crippen LogP contribution >= 0.6 is 0 Å². The number of carbonyl (C=O) groups excluding carboxylic acids is 2. The zero-order valence-electron chi connectivity index (χ0n) is 16.0. The van der Waals surface area contributed by atoms with Gasteiger partial charge in [-0.1, -0.05) is 6.42 Å². The summed E-state index contributed by atoms with van der Waals surface area (Å²) < 4.78 is 7.59. The average Bonchev–Trinajstić information content (AvgIpc) is 3.08. The number of ether oxygens (including phenoxy) is 1. The van der Waals surface area contributed by atoms with Gasteiger partial charge < -0.3 is 15.0 Å². The molecule has 0 bridgehead atoms. The Morgan fingerprint density at radius 2 is 1.93 bits per heavy atom. The molecular formula is C20H25N5O3. The number of piperidine rings is 1. The molecule has 1 aliphatic heterocycles. The summed E-state index contributed by atoms with van der Waals surface area (Å²) in [5, 5.41) is 6.96. The Balaban J connectivity index is 1.25. The van der Waals surface area contributed by atoms with Crippen molar-refractivity contribution in [2.75, 3.05) is 18.4 Å². The van der Waals surface area contributed by atoms with Crippen LogP contribution in [0.1, 0.15) is 42.5 Å². The molecule has 2 aliphatic rings. The van der Waals surface area contributed by atoms with E-state index in [1.165, 1.54) is 0 Å². The van der Waals surface area contributed by atoms with E-state index in [1.807, 2.05) is 11.0 Å². The van der Waals surface area contributed by atoms with Gasteiger partial charge in [0.15, 0.2) is 0 Å². The number of nitrogens with zero attached hydrogens (tertiary/aromatic N) is 4. The number of hydrogen-bond donors (Lipinski definition) is 1. The van der Waals surface area contributed by atoms with Crippen LogP contribution in [-0.4, -0.2) is 50.7 Å². The number of amides is 2. The first-order valence-electron chi connectivity index (χ1n) is 9.80. The lowest BCUT2D eigenvalue weighted by atomic mass is 9.85. The highest BCUT2D eigenvalue weighted by Crippen LogP contribution is 2.27. The monoisotopic (exact) mass is 383 g/mol. The summed E-state index contributed by atoms with van der Waals surface area (Å²) in [6.45, 7) is 1.29. The Morgan fingerprint density at radius 3 is 2.50 bits per heavy atom. The fraction of sp³-hybridized carbons (Fsp3) is 0.500. The molecule has 148 valence electrons. The Kier molecular flexibility index (Phi) is 5.27. The number of likely N-dealkylation sites (tertiary alicyclic amines) is 1. The number of aryl methyl sites for hydroxylation is 1. The molecule has 0 spiro atoms. The Hall–Kier alpha value is -2.90. The number of anilines is 1. The van der Waals surface area contributed by atoms with Crippen molar-refractivity contribution in [1.29, 1.82) is 0 Å². The first-order valence-corrected chi connectivity index (χ1v) is 9.80. The molecule has 2 aromatic heterocycles. The first-order chi connectivity index (χ1) is 13.6. The van der Waals surface area contributed by atoms with Crippen molar-refractivity contribution in [1.82, 2.24) is 19.7 Å². The van der Waals surface area contributed by atoms with Crippen molar-refractivity contribution in [2.24, 2.45) is 13.0 Å². The van der Waals surface area contributed by atoms with E-state index in [1.54, 1.807) is 36.4 Å². The van der Waals surface area contributed by atoms with Crippen LogP contribution in [-0.2, 0) is 11.8 Å². The minimum absolute atomic E-state index is 0.0104. The zero-order valence-corrected chi connectivity index (χ0v) is 16.0. The van der Waals surface area contributed by atoms with Crippen LogP contribution in [0.4, 0.5) is 5.69 Å². The quantitative estimate of drug-likeness (QED) is 0.855. The predicted octanol–water partition coefficient (Wildman–Crippen LogP) is 2.24. The van der Waals surface area contributed by atoms with Gasteiger partial charge in [-0.2, -0.15) is 5.10 Å². The van der Waals surface area contributed by atoms with E-state index in [-0.39, 0.29) is 23.8 Å². The van der Waals surface area contributed by atoms with Gasteiger partial charge in [-0.15, -0.1) is 0 Å². The van der Waals surface area contributed by atoms with Crippen molar-refractivity contribution in [2.45, 2.75) is 38.2 Å². The van der Waals surface area contributed by atoms with Crippen LogP contribution in [0, 0.1) is 5.92 Å². The number of carbonyl (C=O) groups is 2. The molecule has 8 heteroatoms. The first kappa shape index (κ1) is 18.5. The fourth-order valence-electron chi connectivity index (χ4n) is 3.50. The molecule has 8 nitrogen and oxygen atoms in total. The normalized spacial score (nSPS) is 17.8. The summed E-state index contributed by atoms with van der Waals surface area (Å²) in [5.41, 5.74) is 1.31. The summed E-state index contributed by atoms with van der Waals surface area (Å²) in [7, 11) is 1.80. The van der Waals surface area contributed by atoms with Gasteiger partial charge in [-0.05, 0) is 18.9 Å². The highest BCUT2D eigenvalue weighted by molar-refractivity contribution is 5.94. The maximum absolute atomic E-state index is 12.5. The van der Waals surface area contributed by atoms with E-state index in [2.05, 4.69) is 15.4 Å². The van der Waals surface area contributed by atoms with E-state index >= 15 is 0 Å². The minimum Gasteiger partial charge on any atom is -0.474 e. The average molecular weight is 383 g/mol. The second-order valence-corrected chi connectivity index (χ2v) is 7.51. The van der Waals surface area contributed by atoms with E-state index in [0.29, 0.717) is 30.2 Å². The van der Waals surface area contributed by atoms with Crippen molar-refractivity contribution in [3.05, 3.63) is 36.3 Å². The van der Waals surface area contributed by atoms with Crippen LogP contribution in [0.15, 0.2) is 30.7 Å². The van der Waals surface area contributed by atoms with Crippen LogP contribution < -0.4 is 10.1 Å². The number of pyridine rings is 1. The maximum Gasteiger partial charge on any atom is 0.257 e. The maximum atomic E-state index is 12.5. The molecule has 2 aromatic rings. The predicted molar refractivity (Wildman–Crippen MR) is 103 cm³/mol. The van der Waals surface area contributed by atoms with Gasteiger partial charge in [0.1, 0.15) is 6.10 Å². The summed E-state index contributed by atoms with van der Waals surface area (Å²) in [6.07, 6.45) is 9.59. The lowest BCUT2D eigenvalue weighted by Gasteiger charge is -2.31. The lowest BCUT2D eigenvalue weighted by Crippen LogP contribution is -2.41. The number of aromatic nitrogens is 3. The van der Waals surface area contributed by atoms with Crippen molar-refractivity contribution >= 4 is 17.5 Å². The SMILES string of the molecule is Cn1cc(C(=O)N2CCC(Oc3ccc(NC(=O)C4CCC4)cn3)CC2)cn1. The summed E-state index contributed by atoms with van der Waals surface area (Å²) >= 11 is 0. The van der Waals surface area contributed by atoms with E-state index in [0.717, 1.165) is 32.1 Å². The van der Waals surface area contributed by atoms with Gasteiger partial charge in [0, 0.05) is 51.2 Å². The largest absolute Gasteiger partial charge is 0.474 e. The molecule has 2 fully saturated rings. The Labute approximate surface area is 163 Å². The standard InChI is InChI=1S/C20H25N5O3/c1-24-13-15(11-22-24)20(27)25-9-7-17(8-10-25)28-18-6-5-16(12-21-18)23-19(26)14-3-2-4-14/h5-6,11-14,17H,2-4,7-10H2,1H3,(H,23,26). The van der Waals surface area contributed by atoms with Crippen LogP contribution in [0.5, 0.6) is 5.88 Å². The molecular weight excluding hydrogens is 358 g/mol. The molecule has 0 radical (unpaired) electrons. The van der Waals surface area contributed by atoms with Crippen LogP contribution in [0.25, 0.3) is 0 Å². The number of nitrogens with one attached hydrogen (secondary N) is 1. The van der Waals surface area contributed by atoms with Crippen LogP contribution in [0.3, 0.4) is 0 Å². The third kappa shape index (κ3) is 4.16. The molecule has 28 heavy (non-hydrogen) atoms. The molecule has 0 unspecified atom stereocenters. The highest BCUT2D eigenvalue weighted by atomic mass is 16.5. The van der Waals surface area contributed by atoms with Gasteiger partial charge in [-0.3, -0.25) is 14.3 Å². The fourth-order valence-corrected chi connectivity index (χ4v) is 3.50. The van der Waals surface area contributed by atoms with Crippen molar-refractivity contribution in [3.8, 4) is 5.88 Å². The minimum atomic E-state index is 0.0104. The van der Waals surface area contributed by atoms with Crippen molar-refractivity contribution in [3.63, 3.8) is 0 Å². The summed E-state index contributed by atoms with van der Waals surface area (Å²) in [4.78, 5) is 30.6. The molecule has 1 aliphatic carbocycles. The second-order valence-electron chi connectivity index (χ2n) is 7.51. The third-order valence-electron chi connectivity index (χ3n) is 5.45. The molecule has 0 atom stereocenters. The van der Waals surface area contributed by atoms with Crippen molar-refractivity contribution < 1.29 is 14.3 Å². The van der Waals surface area contributed by atoms with E-state index in [4.69, 9.17) is 4.74 Å². The Bertz CT molecular complexity index is 836. The number of rotatable bonds is 5. The summed E-state index contributed by atoms with van der Waals surface area (Å²) in [6, 6.07) is 3.60. The molecule has 0 aromatic carbocycles. The van der Waals surface area contributed by atoms with Gasteiger partial charge in [0.2, 0.25) is 11.8 Å². The molecule has 1 saturated carbocycles. The molecule has 4 rings (SSSR count). The van der Waals surface area contributed by atoms with Gasteiger partial charge >= 0.3 is 0 Å². The van der Waals surface area contributed by atoms with Gasteiger partial charge in [0.05, 0.1) is 23.6 Å². The van der Waals surface area contributed by atoms with E-state index < -0.39 is 0 Å². The smallest absolute Gasteiger partial charge is 0.257 e. The third-order valence-corrected chi connectivity index (χ3v) is 5.45. The molecule has 2 amide bonds. The topological polar surface area (TPSA) is 89.4 Å². The van der Waals surface area contributed by atoms with Gasteiger partial charge in [0.25, 0.3) is 5.91 Å². The highest BCUT2D eigenvalue weighted by Gasteiger charge is 2.26.